The Balaban J connectivity index is 2.16. The number of nitrogens with zero attached hydrogens (tertiary/aromatic N) is 1. The first-order valence-electron chi connectivity index (χ1n) is 5.81. The molecule has 0 saturated heterocycles. The molecule has 1 heterocycles. The molecule has 0 fully saturated rings. The van der Waals surface area contributed by atoms with Gasteiger partial charge in [-0.25, -0.2) is 4.98 Å². The monoisotopic (exact) mass is 328 g/mol. The summed E-state index contributed by atoms with van der Waals surface area (Å²) in [6.45, 7) is 3.89. The van der Waals surface area contributed by atoms with E-state index in [9.17, 15) is 0 Å². The number of likely N-dealkylation sites (N-methyl/N-ethyl adjacent to an activating group) is 1. The van der Waals surface area contributed by atoms with Gasteiger partial charge in [-0.1, -0.05) is 34.5 Å². The molecule has 0 unspecified atom stereocenters. The van der Waals surface area contributed by atoms with Crippen LogP contribution in [0, 0.1) is 0 Å². The standard InChI is InChI=1S/C13H14BrClN2O/c1-2-16-6-5-13-17-8-12(18-13)10-7-9(15)3-4-11(10)14/h3-4,7-8,16H,2,5-6H2,1H3. The van der Waals surface area contributed by atoms with Crippen molar-refractivity contribution in [2.45, 2.75) is 13.3 Å². The summed E-state index contributed by atoms with van der Waals surface area (Å²) in [6.07, 6.45) is 2.52. The largest absolute Gasteiger partial charge is 0.441 e. The second-order valence-electron chi connectivity index (χ2n) is 3.85. The molecule has 0 spiro atoms. The van der Waals surface area contributed by atoms with Gasteiger partial charge in [-0.15, -0.1) is 0 Å². The number of oxazole rings is 1. The van der Waals surface area contributed by atoms with Gasteiger partial charge in [0.1, 0.15) is 0 Å². The fourth-order valence-electron chi connectivity index (χ4n) is 1.61. The Labute approximate surface area is 120 Å². The molecule has 1 N–H and O–H groups in total. The van der Waals surface area contributed by atoms with Crippen molar-refractivity contribution in [1.29, 1.82) is 0 Å². The normalized spacial score (nSPS) is 10.8. The second kappa shape index (κ2) is 6.36. The summed E-state index contributed by atoms with van der Waals surface area (Å²) in [4.78, 5) is 4.26. The van der Waals surface area contributed by atoms with Gasteiger partial charge in [0.15, 0.2) is 11.7 Å². The lowest BCUT2D eigenvalue weighted by molar-refractivity contribution is 0.497. The van der Waals surface area contributed by atoms with Gasteiger partial charge in [-0.2, -0.15) is 0 Å². The highest BCUT2D eigenvalue weighted by Crippen LogP contribution is 2.31. The Morgan fingerprint density at radius 3 is 3.06 bits per heavy atom. The van der Waals surface area contributed by atoms with Crippen molar-refractivity contribution in [3.8, 4) is 11.3 Å². The maximum atomic E-state index is 5.98. The molecule has 5 heteroatoms. The molecule has 0 bridgehead atoms. The van der Waals surface area contributed by atoms with Crippen molar-refractivity contribution in [3.05, 3.63) is 39.8 Å². The fraction of sp³-hybridized carbons (Fsp3) is 0.308. The maximum Gasteiger partial charge on any atom is 0.196 e. The van der Waals surface area contributed by atoms with Gasteiger partial charge < -0.3 is 9.73 Å². The smallest absolute Gasteiger partial charge is 0.196 e. The highest BCUT2D eigenvalue weighted by Gasteiger charge is 2.10. The second-order valence-corrected chi connectivity index (χ2v) is 5.14. The molecule has 1 aromatic carbocycles. The van der Waals surface area contributed by atoms with E-state index in [2.05, 4.69) is 33.2 Å². The maximum absolute atomic E-state index is 5.98. The molecule has 0 atom stereocenters. The van der Waals surface area contributed by atoms with Gasteiger partial charge in [0.05, 0.1) is 6.20 Å². The van der Waals surface area contributed by atoms with Crippen LogP contribution in [0.2, 0.25) is 5.02 Å². The first-order valence-corrected chi connectivity index (χ1v) is 6.98. The zero-order chi connectivity index (χ0) is 13.0. The highest BCUT2D eigenvalue weighted by molar-refractivity contribution is 9.10. The molecule has 18 heavy (non-hydrogen) atoms. The van der Waals surface area contributed by atoms with E-state index >= 15 is 0 Å². The molecule has 0 amide bonds. The zero-order valence-electron chi connectivity index (χ0n) is 10.0. The van der Waals surface area contributed by atoms with Crippen LogP contribution >= 0.6 is 27.5 Å². The van der Waals surface area contributed by atoms with Gasteiger partial charge in [-0.05, 0) is 24.7 Å². The molecular formula is C13H14BrClN2O. The summed E-state index contributed by atoms with van der Waals surface area (Å²) >= 11 is 9.46. The van der Waals surface area contributed by atoms with Crippen LogP contribution < -0.4 is 5.32 Å². The molecule has 2 rings (SSSR count). The quantitative estimate of drug-likeness (QED) is 0.845. The number of rotatable bonds is 5. The molecule has 1 aromatic heterocycles. The van der Waals surface area contributed by atoms with E-state index in [1.54, 1.807) is 6.20 Å². The SMILES string of the molecule is CCNCCc1ncc(-c2cc(Cl)ccc2Br)o1. The van der Waals surface area contributed by atoms with Gasteiger partial charge in [0, 0.05) is 28.0 Å². The third-order valence-corrected chi connectivity index (χ3v) is 3.44. The molecule has 0 aliphatic rings. The summed E-state index contributed by atoms with van der Waals surface area (Å²) in [6, 6.07) is 5.59. The molecule has 3 nitrogen and oxygen atoms in total. The Kier molecular flexibility index (Phi) is 4.80. The van der Waals surface area contributed by atoms with Crippen LogP contribution in [0.15, 0.2) is 33.3 Å². The van der Waals surface area contributed by atoms with Crippen LogP contribution in [0.1, 0.15) is 12.8 Å². The van der Waals surface area contributed by atoms with Crippen LogP contribution in [0.25, 0.3) is 11.3 Å². The minimum atomic E-state index is 0.679. The van der Waals surface area contributed by atoms with Crippen molar-refractivity contribution in [2.75, 3.05) is 13.1 Å². The Hall–Kier alpha value is -0.840. The van der Waals surface area contributed by atoms with E-state index in [1.807, 2.05) is 18.2 Å². The minimum absolute atomic E-state index is 0.679. The van der Waals surface area contributed by atoms with Gasteiger partial charge >= 0.3 is 0 Å². The highest BCUT2D eigenvalue weighted by atomic mass is 79.9. The third kappa shape index (κ3) is 3.34. The lowest BCUT2D eigenvalue weighted by Gasteiger charge is -2.01. The van der Waals surface area contributed by atoms with E-state index < -0.39 is 0 Å². The topological polar surface area (TPSA) is 38.1 Å². The fourth-order valence-corrected chi connectivity index (χ4v) is 2.22. The van der Waals surface area contributed by atoms with Crippen molar-refractivity contribution in [1.82, 2.24) is 10.3 Å². The van der Waals surface area contributed by atoms with E-state index in [1.165, 1.54) is 0 Å². The predicted octanol–water partition coefficient (Wildman–Crippen LogP) is 3.91. The van der Waals surface area contributed by atoms with Crippen molar-refractivity contribution in [3.63, 3.8) is 0 Å². The summed E-state index contributed by atoms with van der Waals surface area (Å²) in [5.41, 5.74) is 0.921. The number of halogens is 2. The van der Waals surface area contributed by atoms with E-state index in [-0.39, 0.29) is 0 Å². The molecular weight excluding hydrogens is 316 g/mol. The number of nitrogens with one attached hydrogen (secondary N) is 1. The van der Waals surface area contributed by atoms with Crippen molar-refractivity contribution >= 4 is 27.5 Å². The van der Waals surface area contributed by atoms with E-state index in [0.717, 1.165) is 41.2 Å². The van der Waals surface area contributed by atoms with Crippen LogP contribution in [0.3, 0.4) is 0 Å². The van der Waals surface area contributed by atoms with Crippen LogP contribution in [0.5, 0.6) is 0 Å². The van der Waals surface area contributed by atoms with Crippen LogP contribution in [-0.4, -0.2) is 18.1 Å². The number of hydrogen-bond acceptors (Lipinski definition) is 3. The molecule has 0 aliphatic carbocycles. The van der Waals surface area contributed by atoms with Crippen molar-refractivity contribution < 1.29 is 4.42 Å². The Bertz CT molecular complexity index is 527. The van der Waals surface area contributed by atoms with Crippen molar-refractivity contribution in [2.24, 2.45) is 0 Å². The van der Waals surface area contributed by atoms with Crippen LogP contribution in [0.4, 0.5) is 0 Å². The summed E-state index contributed by atoms with van der Waals surface area (Å²) < 4.78 is 6.66. The molecule has 2 aromatic rings. The van der Waals surface area contributed by atoms with E-state index in [4.69, 9.17) is 16.0 Å². The number of benzene rings is 1. The Morgan fingerprint density at radius 1 is 1.44 bits per heavy atom. The predicted molar refractivity (Wildman–Crippen MR) is 76.9 cm³/mol. The Morgan fingerprint density at radius 2 is 2.28 bits per heavy atom. The average Bonchev–Trinajstić information content (AvgIpc) is 2.81. The first-order chi connectivity index (χ1) is 8.70. The number of hydrogen-bond donors (Lipinski definition) is 1. The summed E-state index contributed by atoms with van der Waals surface area (Å²) in [5.74, 6) is 1.47. The first kappa shape index (κ1) is 13.6. The molecule has 96 valence electrons. The molecule has 0 saturated carbocycles. The van der Waals surface area contributed by atoms with Gasteiger partial charge in [0.2, 0.25) is 0 Å². The molecule has 0 radical (unpaired) electrons. The summed E-state index contributed by atoms with van der Waals surface area (Å²) in [7, 11) is 0. The van der Waals surface area contributed by atoms with Gasteiger partial charge in [-0.3, -0.25) is 0 Å². The zero-order valence-corrected chi connectivity index (χ0v) is 12.4. The minimum Gasteiger partial charge on any atom is -0.441 e. The average molecular weight is 330 g/mol. The van der Waals surface area contributed by atoms with Gasteiger partial charge in [0.25, 0.3) is 0 Å². The number of aromatic nitrogens is 1. The molecule has 0 aliphatic heterocycles. The van der Waals surface area contributed by atoms with Crippen LogP contribution in [-0.2, 0) is 6.42 Å². The lowest BCUT2D eigenvalue weighted by atomic mass is 10.2. The van der Waals surface area contributed by atoms with E-state index in [0.29, 0.717) is 5.02 Å². The third-order valence-electron chi connectivity index (χ3n) is 2.51. The summed E-state index contributed by atoms with van der Waals surface area (Å²) in [5, 5.41) is 3.92. The lowest BCUT2D eigenvalue weighted by Crippen LogP contribution is -2.16.